The van der Waals surface area contributed by atoms with Crippen LogP contribution in [0.3, 0.4) is 0 Å². The highest BCUT2D eigenvalue weighted by Gasteiger charge is 2.28. The van der Waals surface area contributed by atoms with Crippen LogP contribution in [0.2, 0.25) is 0 Å². The van der Waals surface area contributed by atoms with Crippen LogP contribution in [0, 0.1) is 5.82 Å². The lowest BCUT2D eigenvalue weighted by Gasteiger charge is -2.33. The van der Waals surface area contributed by atoms with E-state index in [9.17, 15) is 9.18 Å². The molecule has 1 aromatic heterocycles. The van der Waals surface area contributed by atoms with Gasteiger partial charge in [-0.25, -0.2) is 15.0 Å². The van der Waals surface area contributed by atoms with E-state index in [2.05, 4.69) is 10.1 Å². The number of carbonyl (C=O) groups is 1. The molecule has 1 fully saturated rings. The summed E-state index contributed by atoms with van der Waals surface area (Å²) in [5, 5.41) is 4.41. The molecule has 1 aliphatic heterocycles. The zero-order valence-electron chi connectivity index (χ0n) is 19.2. The van der Waals surface area contributed by atoms with Crippen molar-refractivity contribution in [1.29, 1.82) is 0 Å². The van der Waals surface area contributed by atoms with E-state index in [1.54, 1.807) is 17.2 Å². The molecule has 2 heterocycles. The fourth-order valence-electron chi connectivity index (χ4n) is 3.56. The van der Waals surface area contributed by atoms with Gasteiger partial charge in [0.15, 0.2) is 11.6 Å². The van der Waals surface area contributed by atoms with Gasteiger partial charge >= 0.3 is 6.09 Å². The van der Waals surface area contributed by atoms with Gasteiger partial charge in [-0.15, -0.1) is 0 Å². The molecule has 33 heavy (non-hydrogen) atoms. The first-order chi connectivity index (χ1) is 15.7. The quantitative estimate of drug-likeness (QED) is 0.294. The van der Waals surface area contributed by atoms with Crippen molar-refractivity contribution in [2.24, 2.45) is 16.8 Å². The number of likely N-dealkylation sites (tertiary alicyclic amines) is 1. The molecule has 178 valence electrons. The summed E-state index contributed by atoms with van der Waals surface area (Å²) in [6.45, 7) is 7.01. The largest absolute Gasteiger partial charge is 0.486 e. The van der Waals surface area contributed by atoms with E-state index in [4.69, 9.17) is 21.2 Å². The fourth-order valence-corrected chi connectivity index (χ4v) is 3.56. The predicted molar refractivity (Wildman–Crippen MR) is 124 cm³/mol. The highest BCUT2D eigenvalue weighted by molar-refractivity contribution is 5.77. The summed E-state index contributed by atoms with van der Waals surface area (Å²) in [5.41, 5.74) is 1.70. The van der Waals surface area contributed by atoms with Crippen molar-refractivity contribution < 1.29 is 18.7 Å². The van der Waals surface area contributed by atoms with Crippen molar-refractivity contribution in [1.82, 2.24) is 9.88 Å². The summed E-state index contributed by atoms with van der Waals surface area (Å²) in [5.74, 6) is 10.5. The molecule has 4 N–H and O–H groups in total. The molecule has 0 atom stereocenters. The smallest absolute Gasteiger partial charge is 0.410 e. The van der Waals surface area contributed by atoms with Crippen LogP contribution in [0.25, 0.3) is 0 Å². The third kappa shape index (κ3) is 6.79. The van der Waals surface area contributed by atoms with Gasteiger partial charge in [-0.3, -0.25) is 9.99 Å². The second kappa shape index (κ2) is 10.5. The Morgan fingerprint density at radius 3 is 2.67 bits per heavy atom. The van der Waals surface area contributed by atoms with Crippen molar-refractivity contribution in [3.8, 4) is 5.75 Å². The summed E-state index contributed by atoms with van der Waals surface area (Å²) >= 11 is 0. The molecule has 10 heteroatoms. The van der Waals surface area contributed by atoms with Crippen molar-refractivity contribution in [2.45, 2.75) is 51.7 Å². The van der Waals surface area contributed by atoms with Gasteiger partial charge < -0.3 is 20.2 Å². The number of hydrogen-bond acceptors (Lipinski definition) is 7. The number of hydrazone groups is 1. The average Bonchev–Trinajstić information content (AvgIpc) is 2.77. The summed E-state index contributed by atoms with van der Waals surface area (Å²) in [6.07, 6.45) is 4.22. The molecule has 0 aliphatic carbocycles. The third-order valence-electron chi connectivity index (χ3n) is 5.21. The lowest BCUT2D eigenvalue weighted by atomic mass is 9.92. The van der Waals surface area contributed by atoms with Gasteiger partial charge in [-0.1, -0.05) is 0 Å². The number of nitrogens with zero attached hydrogens (tertiary/aromatic N) is 4. The predicted octanol–water partition coefficient (Wildman–Crippen LogP) is 3.50. The number of rotatable bonds is 6. The highest BCUT2D eigenvalue weighted by atomic mass is 19.1. The lowest BCUT2D eigenvalue weighted by molar-refractivity contribution is 0.0204. The van der Waals surface area contributed by atoms with Crippen LogP contribution < -0.4 is 21.4 Å². The van der Waals surface area contributed by atoms with E-state index < -0.39 is 11.4 Å². The summed E-state index contributed by atoms with van der Waals surface area (Å²) in [4.78, 5) is 18.5. The molecule has 0 spiro atoms. The Kier molecular flexibility index (Phi) is 7.70. The molecule has 9 nitrogen and oxygen atoms in total. The Bertz CT molecular complexity index is 986. The molecular weight excluding hydrogens is 427 g/mol. The zero-order valence-corrected chi connectivity index (χ0v) is 19.2. The van der Waals surface area contributed by atoms with E-state index in [0.717, 1.165) is 29.1 Å². The maximum absolute atomic E-state index is 14.4. The van der Waals surface area contributed by atoms with Gasteiger partial charge in [-0.05, 0) is 63.4 Å². The minimum atomic E-state index is -0.544. The zero-order chi connectivity index (χ0) is 24.0. The number of nitrogens with two attached hydrogens (primary N) is 2. The SMILES string of the molecule is CC(C)(C)OC(=O)N1CCC(c2cc(COc3ccc(N(N)/C=N\N)cc3F)ccn2)CC1. The molecule has 0 unspecified atom stereocenters. The lowest BCUT2D eigenvalue weighted by Crippen LogP contribution is -2.41. The minimum Gasteiger partial charge on any atom is -0.486 e. The van der Waals surface area contributed by atoms with Gasteiger partial charge in [0.25, 0.3) is 0 Å². The molecule has 1 saturated heterocycles. The molecule has 0 saturated carbocycles. The molecular formula is C23H31FN6O3. The number of piperidine rings is 1. The van der Waals surface area contributed by atoms with Crippen LogP contribution in [0.15, 0.2) is 41.6 Å². The molecule has 1 amide bonds. The maximum Gasteiger partial charge on any atom is 0.410 e. The first-order valence-electron chi connectivity index (χ1n) is 10.8. The Morgan fingerprint density at radius 1 is 1.30 bits per heavy atom. The minimum absolute atomic E-state index is 0.112. The Morgan fingerprint density at radius 2 is 2.03 bits per heavy atom. The van der Waals surface area contributed by atoms with Crippen molar-refractivity contribution in [3.05, 3.63) is 53.6 Å². The number of carbonyl (C=O) groups excluding carboxylic acids is 1. The average molecular weight is 459 g/mol. The topological polar surface area (TPSA) is 119 Å². The first kappa shape index (κ1) is 24.2. The number of benzene rings is 1. The fraction of sp³-hybridized carbons (Fsp3) is 0.435. The van der Waals surface area contributed by atoms with E-state index in [1.807, 2.05) is 32.9 Å². The van der Waals surface area contributed by atoms with Crippen LogP contribution in [0.4, 0.5) is 14.9 Å². The van der Waals surface area contributed by atoms with Gasteiger partial charge in [0.05, 0.1) is 5.69 Å². The number of aromatic nitrogens is 1. The molecule has 0 radical (unpaired) electrons. The van der Waals surface area contributed by atoms with Gasteiger partial charge in [0.2, 0.25) is 0 Å². The Labute approximate surface area is 193 Å². The first-order valence-corrected chi connectivity index (χ1v) is 10.8. The monoisotopic (exact) mass is 458 g/mol. The van der Waals surface area contributed by atoms with Crippen LogP contribution in [-0.2, 0) is 11.3 Å². The van der Waals surface area contributed by atoms with Crippen LogP contribution in [0.5, 0.6) is 5.75 Å². The molecule has 2 aromatic rings. The van der Waals surface area contributed by atoms with E-state index in [0.29, 0.717) is 18.8 Å². The Balaban J connectivity index is 1.57. The number of ether oxygens (including phenoxy) is 2. The molecule has 1 aromatic carbocycles. The number of hydrogen-bond donors (Lipinski definition) is 2. The maximum atomic E-state index is 14.4. The molecule has 1 aliphatic rings. The van der Waals surface area contributed by atoms with Gasteiger partial charge in [0.1, 0.15) is 18.5 Å². The summed E-state index contributed by atoms with van der Waals surface area (Å²) in [6, 6.07) is 8.16. The van der Waals surface area contributed by atoms with Crippen LogP contribution in [-0.4, -0.2) is 41.0 Å². The van der Waals surface area contributed by atoms with Crippen LogP contribution >= 0.6 is 0 Å². The Hall–Kier alpha value is -3.40. The number of halogens is 1. The summed E-state index contributed by atoms with van der Waals surface area (Å²) < 4.78 is 25.5. The second-order valence-corrected chi connectivity index (χ2v) is 8.91. The number of amides is 1. The number of anilines is 1. The number of pyridine rings is 1. The third-order valence-corrected chi connectivity index (χ3v) is 5.21. The molecule has 3 rings (SSSR count). The van der Waals surface area contributed by atoms with Crippen LogP contribution in [0.1, 0.15) is 50.8 Å². The number of hydrazine groups is 1. The normalized spacial score (nSPS) is 15.0. The van der Waals surface area contributed by atoms with Gasteiger partial charge in [0, 0.05) is 37.0 Å². The van der Waals surface area contributed by atoms with E-state index in [1.165, 1.54) is 18.5 Å². The second-order valence-electron chi connectivity index (χ2n) is 8.91. The van der Waals surface area contributed by atoms with E-state index >= 15 is 0 Å². The van der Waals surface area contributed by atoms with Crippen molar-refractivity contribution in [3.63, 3.8) is 0 Å². The standard InChI is InChI=1S/C23H31FN6O3/c1-23(2,3)33-22(31)29-10-7-17(8-11-29)20-12-16(6-9-27-20)14-32-21-5-4-18(13-19(21)24)30(26)15-28-25/h4-6,9,12-13,15,17H,7-8,10-11,14,25-26H2,1-3H3/b28-15-. The van der Waals surface area contributed by atoms with Crippen molar-refractivity contribution >= 4 is 18.1 Å². The van der Waals surface area contributed by atoms with E-state index in [-0.39, 0.29) is 24.4 Å². The van der Waals surface area contributed by atoms with Crippen molar-refractivity contribution in [2.75, 3.05) is 18.1 Å². The summed E-state index contributed by atoms with van der Waals surface area (Å²) in [7, 11) is 0. The highest BCUT2D eigenvalue weighted by Crippen LogP contribution is 2.28. The molecule has 0 bridgehead atoms. The van der Waals surface area contributed by atoms with Gasteiger partial charge in [-0.2, -0.15) is 5.10 Å².